The highest BCUT2D eigenvalue weighted by molar-refractivity contribution is 5.92. The van der Waals surface area contributed by atoms with Crippen molar-refractivity contribution in [3.63, 3.8) is 0 Å². The highest BCUT2D eigenvalue weighted by atomic mass is 16.1. The number of rotatable bonds is 2. The Kier molecular flexibility index (Phi) is 3.71. The lowest BCUT2D eigenvalue weighted by molar-refractivity contribution is 0.0917. The van der Waals surface area contributed by atoms with Gasteiger partial charge in [-0.3, -0.25) is 9.78 Å². The number of aryl methyl sites for hydroxylation is 1. The predicted molar refractivity (Wildman–Crippen MR) is 65.7 cm³/mol. The Labute approximate surface area is 102 Å². The molecule has 1 fully saturated rings. The Morgan fingerprint density at radius 1 is 1.24 bits per heavy atom. The second-order valence-electron chi connectivity index (χ2n) is 4.97. The van der Waals surface area contributed by atoms with Crippen LogP contribution >= 0.6 is 0 Å². The molecule has 0 aromatic carbocycles. The summed E-state index contributed by atoms with van der Waals surface area (Å²) in [5.41, 5.74) is 1.24. The Balaban J connectivity index is 1.91. The lowest BCUT2D eigenvalue weighted by Gasteiger charge is -2.26. The number of hydrogen-bond acceptors (Lipinski definition) is 3. The zero-order valence-electron chi connectivity index (χ0n) is 10.4. The Morgan fingerprint density at radius 2 is 1.94 bits per heavy atom. The molecule has 1 aromatic rings. The molecule has 0 aliphatic heterocycles. The number of amides is 1. The maximum Gasteiger partial charge on any atom is 0.271 e. The zero-order chi connectivity index (χ0) is 12.3. The second kappa shape index (κ2) is 5.25. The summed E-state index contributed by atoms with van der Waals surface area (Å²) in [6.45, 7) is 4.13. The van der Waals surface area contributed by atoms with Crippen molar-refractivity contribution in [3.05, 3.63) is 23.8 Å². The number of aromatic nitrogens is 2. The van der Waals surface area contributed by atoms with Gasteiger partial charge in [0.15, 0.2) is 0 Å². The fourth-order valence-corrected chi connectivity index (χ4v) is 2.17. The van der Waals surface area contributed by atoms with Crippen LogP contribution in [0.25, 0.3) is 0 Å². The summed E-state index contributed by atoms with van der Waals surface area (Å²) in [6, 6.07) is 0.307. The first-order chi connectivity index (χ1) is 8.15. The Morgan fingerprint density at radius 3 is 2.53 bits per heavy atom. The average Bonchev–Trinajstić information content (AvgIpc) is 2.33. The minimum atomic E-state index is -0.1000. The van der Waals surface area contributed by atoms with Gasteiger partial charge in [-0.2, -0.15) is 0 Å². The van der Waals surface area contributed by atoms with Gasteiger partial charge in [-0.1, -0.05) is 6.92 Å². The third kappa shape index (κ3) is 3.25. The van der Waals surface area contributed by atoms with E-state index in [0.717, 1.165) is 24.5 Å². The molecule has 0 bridgehead atoms. The minimum Gasteiger partial charge on any atom is -0.348 e. The van der Waals surface area contributed by atoms with Gasteiger partial charge in [-0.15, -0.1) is 0 Å². The van der Waals surface area contributed by atoms with E-state index in [9.17, 15) is 4.79 Å². The van der Waals surface area contributed by atoms with E-state index in [1.807, 2.05) is 6.92 Å². The third-order valence-corrected chi connectivity index (χ3v) is 3.36. The molecule has 0 spiro atoms. The van der Waals surface area contributed by atoms with Crippen molar-refractivity contribution in [1.29, 1.82) is 0 Å². The van der Waals surface area contributed by atoms with E-state index in [-0.39, 0.29) is 5.91 Å². The van der Waals surface area contributed by atoms with Crippen molar-refractivity contribution in [2.24, 2.45) is 5.92 Å². The molecule has 2 rings (SSSR count). The van der Waals surface area contributed by atoms with E-state index in [0.29, 0.717) is 11.7 Å². The smallest absolute Gasteiger partial charge is 0.271 e. The summed E-state index contributed by atoms with van der Waals surface area (Å²) in [5.74, 6) is 0.694. The second-order valence-corrected chi connectivity index (χ2v) is 4.97. The van der Waals surface area contributed by atoms with Crippen LogP contribution in [-0.2, 0) is 0 Å². The molecule has 1 aromatic heterocycles. The first-order valence-corrected chi connectivity index (χ1v) is 6.24. The normalized spacial score (nSPS) is 24.4. The molecule has 0 radical (unpaired) electrons. The highest BCUT2D eigenvalue weighted by Gasteiger charge is 2.20. The molecule has 0 atom stereocenters. The van der Waals surface area contributed by atoms with Gasteiger partial charge in [-0.25, -0.2) is 4.98 Å². The first kappa shape index (κ1) is 12.0. The molecule has 1 aliphatic rings. The monoisotopic (exact) mass is 233 g/mol. The first-order valence-electron chi connectivity index (χ1n) is 6.24. The van der Waals surface area contributed by atoms with Gasteiger partial charge in [0.25, 0.3) is 5.91 Å². The molecular weight excluding hydrogens is 214 g/mol. The highest BCUT2D eigenvalue weighted by Crippen LogP contribution is 2.23. The molecule has 1 N–H and O–H groups in total. The fourth-order valence-electron chi connectivity index (χ4n) is 2.17. The molecule has 1 aliphatic carbocycles. The molecule has 1 amide bonds. The number of nitrogens with zero attached hydrogens (tertiary/aromatic N) is 2. The van der Waals surface area contributed by atoms with Crippen LogP contribution in [0.3, 0.4) is 0 Å². The summed E-state index contributed by atoms with van der Waals surface area (Å²) in [4.78, 5) is 20.1. The van der Waals surface area contributed by atoms with Crippen molar-refractivity contribution in [3.8, 4) is 0 Å². The number of hydrogen-bond donors (Lipinski definition) is 1. The molecule has 1 heterocycles. The summed E-state index contributed by atoms with van der Waals surface area (Å²) >= 11 is 0. The third-order valence-electron chi connectivity index (χ3n) is 3.36. The van der Waals surface area contributed by atoms with Crippen LogP contribution in [0.2, 0.25) is 0 Å². The van der Waals surface area contributed by atoms with Crippen molar-refractivity contribution in [1.82, 2.24) is 15.3 Å². The van der Waals surface area contributed by atoms with E-state index in [4.69, 9.17) is 0 Å². The summed E-state index contributed by atoms with van der Waals surface area (Å²) < 4.78 is 0. The van der Waals surface area contributed by atoms with Crippen molar-refractivity contribution >= 4 is 5.91 Å². The standard InChI is InChI=1S/C13H19N3O/c1-9-3-5-11(6-4-9)16-13(17)12-8-14-10(2)7-15-12/h7-9,11H,3-6H2,1-2H3,(H,16,17). The Bertz CT molecular complexity index is 380. The van der Waals surface area contributed by atoms with E-state index in [1.54, 1.807) is 6.20 Å². The van der Waals surface area contributed by atoms with Gasteiger partial charge < -0.3 is 5.32 Å². The lowest BCUT2D eigenvalue weighted by Crippen LogP contribution is -2.37. The Hall–Kier alpha value is -1.45. The minimum absolute atomic E-state index is 0.1000. The van der Waals surface area contributed by atoms with Gasteiger partial charge in [0.2, 0.25) is 0 Å². The topological polar surface area (TPSA) is 54.9 Å². The van der Waals surface area contributed by atoms with E-state index >= 15 is 0 Å². The molecule has 17 heavy (non-hydrogen) atoms. The molecule has 1 saturated carbocycles. The maximum absolute atomic E-state index is 11.9. The molecule has 4 nitrogen and oxygen atoms in total. The van der Waals surface area contributed by atoms with Crippen LogP contribution in [0.4, 0.5) is 0 Å². The van der Waals surface area contributed by atoms with Gasteiger partial charge in [0, 0.05) is 12.2 Å². The lowest BCUT2D eigenvalue weighted by atomic mass is 9.87. The van der Waals surface area contributed by atoms with Crippen LogP contribution in [0.5, 0.6) is 0 Å². The number of nitrogens with one attached hydrogen (secondary N) is 1. The van der Waals surface area contributed by atoms with Gasteiger partial charge in [-0.05, 0) is 38.5 Å². The SMILES string of the molecule is Cc1cnc(C(=O)NC2CCC(C)CC2)cn1. The largest absolute Gasteiger partial charge is 0.348 e. The van der Waals surface area contributed by atoms with Crippen molar-refractivity contribution < 1.29 is 4.79 Å². The van der Waals surface area contributed by atoms with Crippen LogP contribution in [0.15, 0.2) is 12.4 Å². The fraction of sp³-hybridized carbons (Fsp3) is 0.615. The molecule has 0 unspecified atom stereocenters. The van der Waals surface area contributed by atoms with E-state index in [1.165, 1.54) is 19.0 Å². The van der Waals surface area contributed by atoms with Crippen molar-refractivity contribution in [2.45, 2.75) is 45.6 Å². The van der Waals surface area contributed by atoms with E-state index < -0.39 is 0 Å². The van der Waals surface area contributed by atoms with Crippen molar-refractivity contribution in [2.75, 3.05) is 0 Å². The van der Waals surface area contributed by atoms with Crippen LogP contribution in [0, 0.1) is 12.8 Å². The van der Waals surface area contributed by atoms with E-state index in [2.05, 4.69) is 22.2 Å². The quantitative estimate of drug-likeness (QED) is 0.851. The summed E-state index contributed by atoms with van der Waals surface area (Å²) in [6.07, 6.45) is 7.71. The zero-order valence-corrected chi connectivity index (χ0v) is 10.4. The number of carbonyl (C=O) groups excluding carboxylic acids is 1. The van der Waals surface area contributed by atoms with Gasteiger partial charge >= 0.3 is 0 Å². The predicted octanol–water partition coefficient (Wildman–Crippen LogP) is 2.09. The van der Waals surface area contributed by atoms with Crippen LogP contribution in [0.1, 0.15) is 48.8 Å². The average molecular weight is 233 g/mol. The molecular formula is C13H19N3O. The van der Waals surface area contributed by atoms with Gasteiger partial charge in [0.1, 0.15) is 5.69 Å². The summed E-state index contributed by atoms with van der Waals surface area (Å²) in [7, 11) is 0. The summed E-state index contributed by atoms with van der Waals surface area (Å²) in [5, 5.41) is 3.03. The van der Waals surface area contributed by atoms with Crippen LogP contribution in [-0.4, -0.2) is 21.9 Å². The number of carbonyl (C=O) groups is 1. The molecule has 0 saturated heterocycles. The molecule has 4 heteroatoms. The maximum atomic E-state index is 11.9. The van der Waals surface area contributed by atoms with Crippen LogP contribution < -0.4 is 5.32 Å². The van der Waals surface area contributed by atoms with Gasteiger partial charge in [0.05, 0.1) is 11.9 Å². The molecule has 92 valence electrons.